The van der Waals surface area contributed by atoms with Crippen LogP contribution < -0.4 is 10.1 Å². The Labute approximate surface area is 124 Å². The van der Waals surface area contributed by atoms with Gasteiger partial charge >= 0.3 is 0 Å². The van der Waals surface area contributed by atoms with E-state index in [9.17, 15) is 4.79 Å². The molecule has 2 aromatic rings. The van der Waals surface area contributed by atoms with Crippen molar-refractivity contribution in [2.45, 2.75) is 13.2 Å². The van der Waals surface area contributed by atoms with E-state index in [1.54, 1.807) is 20.3 Å². The zero-order chi connectivity index (χ0) is 15.1. The Balaban J connectivity index is 2.03. The molecule has 0 aliphatic rings. The van der Waals surface area contributed by atoms with Gasteiger partial charge < -0.3 is 14.8 Å². The minimum Gasteiger partial charge on any atom is -0.496 e. The number of ether oxygens (including phenoxy) is 2. The highest BCUT2D eigenvalue weighted by Crippen LogP contribution is 2.17. The molecule has 0 aromatic heterocycles. The zero-order valence-electron chi connectivity index (χ0n) is 12.3. The van der Waals surface area contributed by atoms with Crippen molar-refractivity contribution in [2.75, 3.05) is 14.2 Å². The fourth-order valence-corrected chi connectivity index (χ4v) is 2.10. The Morgan fingerprint density at radius 3 is 2.67 bits per heavy atom. The van der Waals surface area contributed by atoms with E-state index in [-0.39, 0.29) is 5.91 Å². The first-order valence-electron chi connectivity index (χ1n) is 6.72. The van der Waals surface area contributed by atoms with Crippen molar-refractivity contribution >= 4 is 5.91 Å². The first-order valence-corrected chi connectivity index (χ1v) is 6.72. The second-order valence-corrected chi connectivity index (χ2v) is 4.63. The van der Waals surface area contributed by atoms with E-state index in [0.29, 0.717) is 18.7 Å². The van der Waals surface area contributed by atoms with E-state index in [4.69, 9.17) is 9.47 Å². The summed E-state index contributed by atoms with van der Waals surface area (Å²) >= 11 is 0. The Bertz CT molecular complexity index is 610. The lowest BCUT2D eigenvalue weighted by Gasteiger charge is -2.10. The fourth-order valence-electron chi connectivity index (χ4n) is 2.10. The molecule has 0 aliphatic heterocycles. The SMILES string of the molecule is COCc1cccc(C(=O)NCc2ccccc2OC)c1. The highest BCUT2D eigenvalue weighted by atomic mass is 16.5. The molecule has 0 radical (unpaired) electrons. The third kappa shape index (κ3) is 4.07. The summed E-state index contributed by atoms with van der Waals surface area (Å²) in [6, 6.07) is 15.0. The Kier molecular flexibility index (Phi) is 5.35. The average molecular weight is 285 g/mol. The van der Waals surface area contributed by atoms with Gasteiger partial charge in [-0.05, 0) is 23.8 Å². The molecule has 21 heavy (non-hydrogen) atoms. The van der Waals surface area contributed by atoms with Gasteiger partial charge in [-0.15, -0.1) is 0 Å². The smallest absolute Gasteiger partial charge is 0.251 e. The Morgan fingerprint density at radius 2 is 1.90 bits per heavy atom. The number of benzene rings is 2. The predicted molar refractivity (Wildman–Crippen MR) is 81.3 cm³/mol. The zero-order valence-corrected chi connectivity index (χ0v) is 12.3. The van der Waals surface area contributed by atoms with Crippen molar-refractivity contribution in [2.24, 2.45) is 0 Å². The fraction of sp³-hybridized carbons (Fsp3) is 0.235. The number of hydrogen-bond donors (Lipinski definition) is 1. The standard InChI is InChI=1S/C17H19NO3/c1-20-12-13-6-5-8-14(10-13)17(19)18-11-15-7-3-4-9-16(15)21-2/h3-10H,11-12H2,1-2H3,(H,18,19). The van der Waals surface area contributed by atoms with Crippen LogP contribution in [0.2, 0.25) is 0 Å². The normalized spacial score (nSPS) is 10.2. The van der Waals surface area contributed by atoms with Crippen LogP contribution in [-0.2, 0) is 17.9 Å². The quantitative estimate of drug-likeness (QED) is 0.887. The van der Waals surface area contributed by atoms with Gasteiger partial charge in [0.1, 0.15) is 5.75 Å². The summed E-state index contributed by atoms with van der Waals surface area (Å²) in [6.07, 6.45) is 0. The largest absolute Gasteiger partial charge is 0.496 e. The van der Waals surface area contributed by atoms with Crippen LogP contribution >= 0.6 is 0 Å². The van der Waals surface area contributed by atoms with Crippen LogP contribution in [0.3, 0.4) is 0 Å². The van der Waals surface area contributed by atoms with E-state index < -0.39 is 0 Å². The highest BCUT2D eigenvalue weighted by Gasteiger charge is 2.08. The van der Waals surface area contributed by atoms with Crippen LogP contribution in [0.15, 0.2) is 48.5 Å². The third-order valence-electron chi connectivity index (χ3n) is 3.13. The van der Waals surface area contributed by atoms with Gasteiger partial charge in [-0.2, -0.15) is 0 Å². The first kappa shape index (κ1) is 15.1. The summed E-state index contributed by atoms with van der Waals surface area (Å²) < 4.78 is 10.3. The number of carbonyl (C=O) groups excluding carboxylic acids is 1. The molecule has 0 heterocycles. The van der Waals surface area contributed by atoms with Gasteiger partial charge in [0, 0.05) is 24.8 Å². The average Bonchev–Trinajstić information content (AvgIpc) is 2.53. The number of hydrogen-bond acceptors (Lipinski definition) is 3. The summed E-state index contributed by atoms with van der Waals surface area (Å²) in [5, 5.41) is 2.90. The van der Waals surface area contributed by atoms with E-state index in [1.165, 1.54) is 0 Å². The first-order chi connectivity index (χ1) is 10.2. The molecule has 0 spiro atoms. The molecule has 1 N–H and O–H groups in total. The van der Waals surface area contributed by atoms with Gasteiger partial charge in [0.05, 0.1) is 13.7 Å². The molecule has 0 fully saturated rings. The van der Waals surface area contributed by atoms with Crippen molar-refractivity contribution in [3.63, 3.8) is 0 Å². The van der Waals surface area contributed by atoms with Gasteiger partial charge in [0.2, 0.25) is 0 Å². The molecule has 110 valence electrons. The van der Waals surface area contributed by atoms with Gasteiger partial charge in [0.25, 0.3) is 5.91 Å². The molecule has 4 nitrogen and oxygen atoms in total. The van der Waals surface area contributed by atoms with Crippen LogP contribution in [0.5, 0.6) is 5.75 Å². The maximum Gasteiger partial charge on any atom is 0.251 e. The summed E-state index contributed by atoms with van der Waals surface area (Å²) in [6.45, 7) is 0.922. The summed E-state index contributed by atoms with van der Waals surface area (Å²) in [5.74, 6) is 0.657. The van der Waals surface area contributed by atoms with Crippen molar-refractivity contribution in [1.82, 2.24) is 5.32 Å². The second kappa shape index (κ2) is 7.45. The molecule has 4 heteroatoms. The number of methoxy groups -OCH3 is 2. The van der Waals surface area contributed by atoms with Gasteiger partial charge in [0.15, 0.2) is 0 Å². The molecule has 0 saturated heterocycles. The summed E-state index contributed by atoms with van der Waals surface area (Å²) in [5.41, 5.74) is 2.54. The maximum atomic E-state index is 12.2. The lowest BCUT2D eigenvalue weighted by Crippen LogP contribution is -2.23. The monoisotopic (exact) mass is 285 g/mol. The van der Waals surface area contributed by atoms with Gasteiger partial charge in [-0.25, -0.2) is 0 Å². The van der Waals surface area contributed by atoms with Crippen molar-refractivity contribution in [3.05, 3.63) is 65.2 Å². The van der Waals surface area contributed by atoms with Crippen LogP contribution in [0.25, 0.3) is 0 Å². The summed E-state index contributed by atoms with van der Waals surface area (Å²) in [4.78, 5) is 12.2. The predicted octanol–water partition coefficient (Wildman–Crippen LogP) is 2.77. The van der Waals surface area contributed by atoms with E-state index >= 15 is 0 Å². The number of nitrogens with one attached hydrogen (secondary N) is 1. The Morgan fingerprint density at radius 1 is 1.10 bits per heavy atom. The third-order valence-corrected chi connectivity index (χ3v) is 3.13. The van der Waals surface area contributed by atoms with E-state index in [0.717, 1.165) is 16.9 Å². The number of rotatable bonds is 6. The topological polar surface area (TPSA) is 47.6 Å². The van der Waals surface area contributed by atoms with Crippen molar-refractivity contribution < 1.29 is 14.3 Å². The molecule has 2 aromatic carbocycles. The van der Waals surface area contributed by atoms with Crippen molar-refractivity contribution in [1.29, 1.82) is 0 Å². The summed E-state index contributed by atoms with van der Waals surface area (Å²) in [7, 11) is 3.25. The Hall–Kier alpha value is -2.33. The van der Waals surface area contributed by atoms with Crippen LogP contribution in [0, 0.1) is 0 Å². The lowest BCUT2D eigenvalue weighted by molar-refractivity contribution is 0.0950. The molecule has 0 bridgehead atoms. The molecule has 0 saturated carbocycles. The van der Waals surface area contributed by atoms with Crippen LogP contribution in [-0.4, -0.2) is 20.1 Å². The number of amides is 1. The molecular weight excluding hydrogens is 266 g/mol. The molecular formula is C17H19NO3. The lowest BCUT2D eigenvalue weighted by atomic mass is 10.1. The van der Waals surface area contributed by atoms with Crippen LogP contribution in [0.4, 0.5) is 0 Å². The molecule has 1 amide bonds. The molecule has 0 aliphatic carbocycles. The van der Waals surface area contributed by atoms with E-state index in [1.807, 2.05) is 42.5 Å². The van der Waals surface area contributed by atoms with Gasteiger partial charge in [-0.1, -0.05) is 30.3 Å². The highest BCUT2D eigenvalue weighted by molar-refractivity contribution is 5.94. The minimum atomic E-state index is -0.112. The molecule has 2 rings (SSSR count). The number of carbonyl (C=O) groups is 1. The molecule has 0 unspecified atom stereocenters. The second-order valence-electron chi connectivity index (χ2n) is 4.63. The number of para-hydroxylation sites is 1. The van der Waals surface area contributed by atoms with E-state index in [2.05, 4.69) is 5.32 Å². The maximum absolute atomic E-state index is 12.2. The molecule has 0 atom stereocenters. The minimum absolute atomic E-state index is 0.112. The van der Waals surface area contributed by atoms with Gasteiger partial charge in [-0.3, -0.25) is 4.79 Å². The van der Waals surface area contributed by atoms with Crippen LogP contribution in [0.1, 0.15) is 21.5 Å². The van der Waals surface area contributed by atoms with Crippen molar-refractivity contribution in [3.8, 4) is 5.75 Å².